The number of nitrogens with zero attached hydrogens (tertiary/aromatic N) is 2. The van der Waals surface area contributed by atoms with Gasteiger partial charge >= 0.3 is 0 Å². The van der Waals surface area contributed by atoms with Crippen molar-refractivity contribution in [1.29, 1.82) is 0 Å². The van der Waals surface area contributed by atoms with Gasteiger partial charge in [-0.3, -0.25) is 9.69 Å². The molecule has 5 nitrogen and oxygen atoms in total. The van der Waals surface area contributed by atoms with Crippen LogP contribution in [0.2, 0.25) is 0 Å². The summed E-state index contributed by atoms with van der Waals surface area (Å²) in [6, 6.07) is 20.4. The second-order valence-corrected chi connectivity index (χ2v) is 8.01. The fourth-order valence-electron chi connectivity index (χ4n) is 3.94. The summed E-state index contributed by atoms with van der Waals surface area (Å²) in [6.45, 7) is 4.16. The Morgan fingerprint density at radius 2 is 1.71 bits per heavy atom. The Morgan fingerprint density at radius 3 is 2.45 bits per heavy atom. The lowest BCUT2D eigenvalue weighted by molar-refractivity contribution is -0.123. The number of hydrogen-bond acceptors (Lipinski definition) is 4. The van der Waals surface area contributed by atoms with Crippen LogP contribution in [-0.2, 0) is 4.79 Å². The third-order valence-corrected chi connectivity index (χ3v) is 5.82. The molecule has 1 amide bonds. The third kappa shape index (κ3) is 5.60. The van der Waals surface area contributed by atoms with E-state index in [1.54, 1.807) is 12.1 Å². The minimum absolute atomic E-state index is 0.00100. The number of nitrogens with one attached hydrogen (secondary N) is 1. The van der Waals surface area contributed by atoms with Crippen molar-refractivity contribution in [2.45, 2.75) is 6.04 Å². The van der Waals surface area contributed by atoms with Gasteiger partial charge in [0.25, 0.3) is 5.91 Å². The van der Waals surface area contributed by atoms with E-state index in [1.807, 2.05) is 42.5 Å². The van der Waals surface area contributed by atoms with Crippen LogP contribution in [0, 0.1) is 5.82 Å². The first-order chi connectivity index (χ1) is 15.1. The number of carbonyl (C=O) groups is 1. The number of ether oxygens (including phenoxy) is 1. The largest absolute Gasteiger partial charge is 0.484 e. The molecule has 1 atom stereocenters. The molecule has 0 spiro atoms. The summed E-state index contributed by atoms with van der Waals surface area (Å²) < 4.78 is 19.1. The number of halogens is 1. The van der Waals surface area contributed by atoms with Gasteiger partial charge in [-0.15, -0.1) is 0 Å². The number of rotatable bonds is 7. The molecule has 0 aliphatic carbocycles. The van der Waals surface area contributed by atoms with Crippen LogP contribution in [0.3, 0.4) is 0 Å². The van der Waals surface area contributed by atoms with E-state index >= 15 is 0 Å². The van der Waals surface area contributed by atoms with Crippen molar-refractivity contribution in [3.63, 3.8) is 0 Å². The van der Waals surface area contributed by atoms with E-state index in [-0.39, 0.29) is 24.4 Å². The zero-order valence-electron chi connectivity index (χ0n) is 17.8. The summed E-state index contributed by atoms with van der Waals surface area (Å²) in [7, 11) is 2.11. The highest BCUT2D eigenvalue weighted by molar-refractivity contribution is 5.84. The Bertz CT molecular complexity index is 1020. The monoisotopic (exact) mass is 421 g/mol. The van der Waals surface area contributed by atoms with Gasteiger partial charge in [-0.1, -0.05) is 42.5 Å². The van der Waals surface area contributed by atoms with Crippen LogP contribution in [0.5, 0.6) is 5.75 Å². The molecular weight excluding hydrogens is 393 g/mol. The predicted molar refractivity (Wildman–Crippen MR) is 121 cm³/mol. The van der Waals surface area contributed by atoms with Crippen molar-refractivity contribution in [2.75, 3.05) is 46.4 Å². The van der Waals surface area contributed by atoms with E-state index in [4.69, 9.17) is 4.74 Å². The quantitative estimate of drug-likeness (QED) is 0.635. The molecule has 6 heteroatoms. The number of fused-ring (bicyclic) bond motifs is 1. The first kappa shape index (κ1) is 21.3. The molecule has 0 unspecified atom stereocenters. The van der Waals surface area contributed by atoms with Crippen LogP contribution in [0.1, 0.15) is 11.6 Å². The van der Waals surface area contributed by atoms with Crippen molar-refractivity contribution in [1.82, 2.24) is 15.1 Å². The molecule has 4 rings (SSSR count). The van der Waals surface area contributed by atoms with Gasteiger partial charge in [-0.25, -0.2) is 4.39 Å². The molecule has 3 aromatic rings. The van der Waals surface area contributed by atoms with Gasteiger partial charge in [0, 0.05) is 32.7 Å². The lowest BCUT2D eigenvalue weighted by Crippen LogP contribution is -2.48. The summed E-state index contributed by atoms with van der Waals surface area (Å²) >= 11 is 0. The van der Waals surface area contributed by atoms with Gasteiger partial charge < -0.3 is 15.0 Å². The van der Waals surface area contributed by atoms with Crippen LogP contribution < -0.4 is 10.1 Å². The second kappa shape index (κ2) is 9.90. The number of carbonyl (C=O) groups excluding carboxylic acids is 1. The van der Waals surface area contributed by atoms with Crippen LogP contribution in [-0.4, -0.2) is 62.1 Å². The van der Waals surface area contributed by atoms with E-state index < -0.39 is 0 Å². The normalized spacial score (nSPS) is 16.2. The molecule has 0 bridgehead atoms. The molecule has 162 valence electrons. The fourth-order valence-corrected chi connectivity index (χ4v) is 3.94. The summed E-state index contributed by atoms with van der Waals surface area (Å²) in [5, 5.41) is 5.21. The highest BCUT2D eigenvalue weighted by atomic mass is 19.1. The summed E-state index contributed by atoms with van der Waals surface area (Å²) in [5.41, 5.74) is 1.00. The average molecular weight is 422 g/mol. The number of likely N-dealkylation sites (N-methyl/N-ethyl adjacent to an activating group) is 1. The first-order valence-corrected chi connectivity index (χ1v) is 10.6. The molecule has 3 aromatic carbocycles. The molecule has 0 radical (unpaired) electrons. The van der Waals surface area contributed by atoms with E-state index in [1.165, 1.54) is 12.1 Å². The van der Waals surface area contributed by atoms with E-state index in [0.29, 0.717) is 12.3 Å². The molecule has 31 heavy (non-hydrogen) atoms. The lowest BCUT2D eigenvalue weighted by Gasteiger charge is -2.38. The lowest BCUT2D eigenvalue weighted by atomic mass is 10.0. The molecule has 1 aliphatic rings. The molecule has 0 saturated carbocycles. The molecule has 0 aromatic heterocycles. The smallest absolute Gasteiger partial charge is 0.258 e. The molecule has 1 fully saturated rings. The van der Waals surface area contributed by atoms with Crippen molar-refractivity contribution < 1.29 is 13.9 Å². The summed E-state index contributed by atoms with van der Waals surface area (Å²) in [5.74, 6) is 0.242. The van der Waals surface area contributed by atoms with Crippen molar-refractivity contribution in [3.05, 3.63) is 78.1 Å². The van der Waals surface area contributed by atoms with E-state index in [2.05, 4.69) is 22.2 Å². The molecule has 1 N–H and O–H groups in total. The standard InChI is InChI=1S/C25H28FN3O2/c1-28-12-14-29(15-13-28)24(20-6-9-22(26)10-7-20)17-27-25(30)18-31-23-11-8-19-4-2-3-5-21(19)16-23/h2-11,16,24H,12-15,17-18H2,1H3,(H,27,30)/t24-/m0/s1. The average Bonchev–Trinajstić information content (AvgIpc) is 2.80. The Labute approximate surface area is 182 Å². The number of piperazine rings is 1. The third-order valence-electron chi connectivity index (χ3n) is 5.82. The summed E-state index contributed by atoms with van der Waals surface area (Å²) in [6.07, 6.45) is 0. The van der Waals surface area contributed by atoms with Crippen LogP contribution >= 0.6 is 0 Å². The highest BCUT2D eigenvalue weighted by Crippen LogP contribution is 2.23. The van der Waals surface area contributed by atoms with Gasteiger partial charge in [-0.05, 0) is 47.6 Å². The van der Waals surface area contributed by atoms with Crippen LogP contribution in [0.25, 0.3) is 10.8 Å². The Morgan fingerprint density at radius 1 is 1.00 bits per heavy atom. The van der Waals surface area contributed by atoms with Gasteiger partial charge in [-0.2, -0.15) is 0 Å². The van der Waals surface area contributed by atoms with E-state index in [9.17, 15) is 9.18 Å². The molecular formula is C25H28FN3O2. The zero-order valence-corrected chi connectivity index (χ0v) is 17.8. The van der Waals surface area contributed by atoms with Crippen molar-refractivity contribution in [2.24, 2.45) is 0 Å². The maximum Gasteiger partial charge on any atom is 0.258 e. The van der Waals surface area contributed by atoms with Gasteiger partial charge in [0.1, 0.15) is 11.6 Å². The topological polar surface area (TPSA) is 44.8 Å². The van der Waals surface area contributed by atoms with Crippen LogP contribution in [0.15, 0.2) is 66.7 Å². The maximum absolute atomic E-state index is 13.4. The molecule has 1 saturated heterocycles. The van der Waals surface area contributed by atoms with Gasteiger partial charge in [0.2, 0.25) is 0 Å². The van der Waals surface area contributed by atoms with Gasteiger partial charge in [0.05, 0.1) is 6.04 Å². The Hall–Kier alpha value is -2.96. The molecule has 1 aliphatic heterocycles. The number of benzene rings is 3. The number of amides is 1. The summed E-state index contributed by atoms with van der Waals surface area (Å²) in [4.78, 5) is 17.1. The van der Waals surface area contributed by atoms with Gasteiger partial charge in [0.15, 0.2) is 6.61 Å². The maximum atomic E-state index is 13.4. The molecule has 1 heterocycles. The number of hydrogen-bond donors (Lipinski definition) is 1. The Kier molecular flexibility index (Phi) is 6.79. The highest BCUT2D eigenvalue weighted by Gasteiger charge is 2.24. The first-order valence-electron chi connectivity index (χ1n) is 10.6. The Balaban J connectivity index is 1.36. The predicted octanol–water partition coefficient (Wildman–Crippen LogP) is 3.46. The van der Waals surface area contributed by atoms with Crippen molar-refractivity contribution in [3.8, 4) is 5.75 Å². The van der Waals surface area contributed by atoms with Crippen molar-refractivity contribution >= 4 is 16.7 Å². The SMILES string of the molecule is CN1CCN([C@@H](CNC(=O)COc2ccc3ccccc3c2)c2ccc(F)cc2)CC1. The fraction of sp³-hybridized carbons (Fsp3) is 0.320. The minimum Gasteiger partial charge on any atom is -0.484 e. The minimum atomic E-state index is -0.256. The zero-order chi connectivity index (χ0) is 21.6. The second-order valence-electron chi connectivity index (χ2n) is 8.01. The van der Waals surface area contributed by atoms with E-state index in [0.717, 1.165) is 42.5 Å². The van der Waals surface area contributed by atoms with Crippen LogP contribution in [0.4, 0.5) is 4.39 Å².